The Balaban J connectivity index is 1.89. The molecule has 1 fully saturated rings. The highest BCUT2D eigenvalue weighted by molar-refractivity contribution is 6.77. The van der Waals surface area contributed by atoms with Crippen LogP contribution < -0.4 is 0 Å². The zero-order valence-electron chi connectivity index (χ0n) is 10.5. The topological polar surface area (TPSA) is 20.3 Å². The fourth-order valence-electron chi connectivity index (χ4n) is 2.61. The van der Waals surface area contributed by atoms with Crippen LogP contribution in [-0.4, -0.2) is 32.0 Å². The first-order valence-electron chi connectivity index (χ1n) is 6.52. The molecule has 0 aromatic rings. The molecule has 1 heterocycles. The second kappa shape index (κ2) is 4.74. The second-order valence-electron chi connectivity index (χ2n) is 5.97. The summed E-state index contributed by atoms with van der Waals surface area (Å²) in [5.74, 6) is 0.710. The Morgan fingerprint density at radius 1 is 1.25 bits per heavy atom. The molecule has 0 radical (unpaired) electrons. The van der Waals surface area contributed by atoms with Crippen LogP contribution in [0.3, 0.4) is 0 Å². The molecule has 1 aliphatic carbocycles. The van der Waals surface area contributed by atoms with Crippen molar-refractivity contribution >= 4 is 14.0 Å². The van der Waals surface area contributed by atoms with Gasteiger partial charge in [-0.2, -0.15) is 13.1 Å². The lowest BCUT2D eigenvalue weighted by molar-refractivity contribution is -0.135. The molecule has 0 N–H and O–H groups in total. The van der Waals surface area contributed by atoms with Gasteiger partial charge < -0.3 is 4.90 Å². The number of allylic oxidation sites excluding steroid dienone is 2. The van der Waals surface area contributed by atoms with Crippen molar-refractivity contribution in [3.8, 4) is 0 Å². The molecule has 3 heteroatoms. The zero-order valence-corrected chi connectivity index (χ0v) is 11.5. The molecule has 0 aromatic heterocycles. The molecule has 0 aromatic carbocycles. The largest absolute Gasteiger partial charge is 0.348 e. The summed E-state index contributed by atoms with van der Waals surface area (Å²) in [7, 11) is -0.935. The molecule has 1 saturated heterocycles. The summed E-state index contributed by atoms with van der Waals surface area (Å²) < 4.78 is 0. The standard InChI is InChI=1S/C13H23NOSi/c1-16(2)10-8-14(9-11-16)13(15)12-6-4-3-5-7-12/h3-4,12H,5-11H2,1-2H3/q-1. The summed E-state index contributed by atoms with van der Waals surface area (Å²) in [6.07, 6.45) is 7.50. The van der Waals surface area contributed by atoms with E-state index in [-0.39, 0.29) is 5.92 Å². The molecule has 1 aliphatic heterocycles. The third kappa shape index (κ3) is 2.76. The van der Waals surface area contributed by atoms with Crippen LogP contribution in [0.4, 0.5) is 0 Å². The minimum Gasteiger partial charge on any atom is -0.348 e. The smallest absolute Gasteiger partial charge is 0.225 e. The quantitative estimate of drug-likeness (QED) is 0.507. The predicted molar refractivity (Wildman–Crippen MR) is 70.2 cm³/mol. The van der Waals surface area contributed by atoms with E-state index in [2.05, 4.69) is 30.1 Å². The van der Waals surface area contributed by atoms with Crippen molar-refractivity contribution in [2.24, 2.45) is 5.92 Å². The minimum atomic E-state index is -0.935. The molecular formula is C13H23NOSi-. The van der Waals surface area contributed by atoms with E-state index in [0.29, 0.717) is 5.91 Å². The fraction of sp³-hybridized carbons (Fsp3) is 0.769. The summed E-state index contributed by atoms with van der Waals surface area (Å²) in [5, 5.41) is 0. The molecule has 0 bridgehead atoms. The molecule has 0 spiro atoms. The van der Waals surface area contributed by atoms with E-state index in [9.17, 15) is 4.79 Å². The highest BCUT2D eigenvalue weighted by Crippen LogP contribution is 2.26. The van der Waals surface area contributed by atoms with Crippen molar-refractivity contribution in [3.63, 3.8) is 0 Å². The number of carbonyl (C=O) groups is 1. The third-order valence-electron chi connectivity index (χ3n) is 4.05. The minimum absolute atomic E-state index is 0.285. The molecule has 2 aliphatic rings. The van der Waals surface area contributed by atoms with Crippen LogP contribution in [0.25, 0.3) is 0 Å². The molecular weight excluding hydrogens is 214 g/mol. The molecule has 1 atom stereocenters. The van der Waals surface area contributed by atoms with Gasteiger partial charge in [-0.3, -0.25) is 4.79 Å². The first-order valence-corrected chi connectivity index (χ1v) is 9.94. The van der Waals surface area contributed by atoms with E-state index in [1.54, 1.807) is 0 Å². The molecule has 2 rings (SSSR count). The number of rotatable bonds is 1. The lowest BCUT2D eigenvalue weighted by Gasteiger charge is -2.44. The zero-order chi connectivity index (χ0) is 11.6. The Hall–Kier alpha value is -0.573. The van der Waals surface area contributed by atoms with Gasteiger partial charge in [0.1, 0.15) is 0 Å². The van der Waals surface area contributed by atoms with Gasteiger partial charge in [0.25, 0.3) is 0 Å². The van der Waals surface area contributed by atoms with Crippen LogP contribution in [0.2, 0.25) is 25.2 Å². The van der Waals surface area contributed by atoms with Crippen molar-refractivity contribution in [3.05, 3.63) is 12.2 Å². The maximum absolute atomic E-state index is 12.3. The SMILES string of the molecule is C[Si-]1(C)CCN(C(=O)C2CC=CCC2)CC1. The highest BCUT2D eigenvalue weighted by Gasteiger charge is 2.27. The Bertz CT molecular complexity index is 288. The summed E-state index contributed by atoms with van der Waals surface area (Å²) >= 11 is 0. The first-order chi connectivity index (χ1) is 7.58. The summed E-state index contributed by atoms with van der Waals surface area (Å²) in [4.78, 5) is 14.4. The molecule has 1 amide bonds. The van der Waals surface area contributed by atoms with Gasteiger partial charge in [0.05, 0.1) is 0 Å². The molecule has 16 heavy (non-hydrogen) atoms. The van der Waals surface area contributed by atoms with Gasteiger partial charge in [-0.15, -0.1) is 20.2 Å². The number of hydrogen-bond donors (Lipinski definition) is 0. The van der Waals surface area contributed by atoms with Gasteiger partial charge in [-0.05, 0) is 32.4 Å². The summed E-state index contributed by atoms with van der Waals surface area (Å²) in [5.41, 5.74) is 0. The van der Waals surface area contributed by atoms with Gasteiger partial charge in [-0.25, -0.2) is 0 Å². The fourth-order valence-corrected chi connectivity index (χ4v) is 4.61. The normalized spacial score (nSPS) is 29.1. The van der Waals surface area contributed by atoms with Crippen molar-refractivity contribution < 1.29 is 4.79 Å². The average molecular weight is 237 g/mol. The Morgan fingerprint density at radius 2 is 1.94 bits per heavy atom. The maximum Gasteiger partial charge on any atom is 0.225 e. The van der Waals surface area contributed by atoms with Crippen LogP contribution in [0, 0.1) is 5.92 Å². The van der Waals surface area contributed by atoms with E-state index < -0.39 is 8.07 Å². The van der Waals surface area contributed by atoms with E-state index in [0.717, 1.165) is 32.4 Å². The van der Waals surface area contributed by atoms with Crippen LogP contribution in [0.15, 0.2) is 12.2 Å². The van der Waals surface area contributed by atoms with Gasteiger partial charge in [0.15, 0.2) is 0 Å². The lowest BCUT2D eigenvalue weighted by Crippen LogP contribution is -2.47. The Labute approximate surface area is 99.7 Å². The van der Waals surface area contributed by atoms with E-state index >= 15 is 0 Å². The van der Waals surface area contributed by atoms with Gasteiger partial charge in [-0.1, -0.05) is 12.2 Å². The van der Waals surface area contributed by atoms with Crippen LogP contribution in [0.1, 0.15) is 19.3 Å². The highest BCUT2D eigenvalue weighted by atomic mass is 28.3. The van der Waals surface area contributed by atoms with Crippen LogP contribution >= 0.6 is 0 Å². The van der Waals surface area contributed by atoms with Crippen LogP contribution in [-0.2, 0) is 4.79 Å². The molecule has 91 valence electrons. The van der Waals surface area contributed by atoms with Crippen molar-refractivity contribution in [2.75, 3.05) is 13.1 Å². The lowest BCUT2D eigenvalue weighted by atomic mass is 9.93. The van der Waals surface area contributed by atoms with E-state index in [4.69, 9.17) is 0 Å². The number of carbonyl (C=O) groups excluding carboxylic acids is 1. The van der Waals surface area contributed by atoms with E-state index in [1.165, 1.54) is 12.1 Å². The van der Waals surface area contributed by atoms with Gasteiger partial charge in [0.2, 0.25) is 5.91 Å². The molecule has 2 nitrogen and oxygen atoms in total. The number of nitrogens with zero attached hydrogens (tertiary/aromatic N) is 1. The Morgan fingerprint density at radius 3 is 2.50 bits per heavy atom. The van der Waals surface area contributed by atoms with Crippen molar-refractivity contribution in [2.45, 2.75) is 44.4 Å². The molecule has 0 saturated carbocycles. The number of amides is 1. The summed E-state index contributed by atoms with van der Waals surface area (Å²) in [6.45, 7) is 6.94. The average Bonchev–Trinajstić information content (AvgIpc) is 2.29. The third-order valence-corrected chi connectivity index (χ3v) is 7.20. The van der Waals surface area contributed by atoms with Gasteiger partial charge in [0, 0.05) is 5.92 Å². The van der Waals surface area contributed by atoms with Crippen LogP contribution in [0.5, 0.6) is 0 Å². The monoisotopic (exact) mass is 237 g/mol. The Kier molecular flexibility index (Phi) is 3.52. The van der Waals surface area contributed by atoms with Crippen molar-refractivity contribution in [1.82, 2.24) is 4.90 Å². The first kappa shape index (κ1) is 11.9. The summed E-state index contributed by atoms with van der Waals surface area (Å²) in [6, 6.07) is 2.59. The van der Waals surface area contributed by atoms with Gasteiger partial charge >= 0.3 is 0 Å². The number of hydrogen-bond acceptors (Lipinski definition) is 1. The second-order valence-corrected chi connectivity index (χ2v) is 11.3. The molecule has 1 unspecified atom stereocenters. The predicted octanol–water partition coefficient (Wildman–Crippen LogP) is 2.89. The maximum atomic E-state index is 12.3. The van der Waals surface area contributed by atoms with Crippen molar-refractivity contribution in [1.29, 1.82) is 0 Å². The van der Waals surface area contributed by atoms with E-state index in [1.807, 2.05) is 0 Å².